The predicted molar refractivity (Wildman–Crippen MR) is 88.9 cm³/mol. The van der Waals surface area contributed by atoms with E-state index in [9.17, 15) is 0 Å². The van der Waals surface area contributed by atoms with E-state index >= 15 is 0 Å². The van der Waals surface area contributed by atoms with Crippen molar-refractivity contribution in [3.8, 4) is 11.3 Å². The molecule has 107 valence electrons. The first-order chi connectivity index (χ1) is 10.9. The zero-order valence-electron chi connectivity index (χ0n) is 11.7. The van der Waals surface area contributed by atoms with Gasteiger partial charge in [0.1, 0.15) is 5.82 Å². The summed E-state index contributed by atoms with van der Waals surface area (Å²) in [6, 6.07) is 19.0. The predicted octanol–water partition coefficient (Wildman–Crippen LogP) is 3.87. The minimum atomic E-state index is 0.777. The molecule has 3 aromatic heterocycles. The van der Waals surface area contributed by atoms with Gasteiger partial charge in [-0.3, -0.25) is 0 Å². The second kappa shape index (κ2) is 5.61. The minimum absolute atomic E-state index is 0.777. The van der Waals surface area contributed by atoms with E-state index < -0.39 is 0 Å². The Morgan fingerprint density at radius 3 is 3.00 bits per heavy atom. The van der Waals surface area contributed by atoms with Crippen molar-refractivity contribution < 1.29 is 0 Å². The molecule has 0 atom stereocenters. The van der Waals surface area contributed by atoms with Crippen LogP contribution in [0.5, 0.6) is 0 Å². The maximum atomic E-state index is 4.64. The van der Waals surface area contributed by atoms with Crippen molar-refractivity contribution in [1.82, 2.24) is 14.6 Å². The lowest BCUT2D eigenvalue weighted by molar-refractivity contribution is 0.933. The summed E-state index contributed by atoms with van der Waals surface area (Å²) in [6.07, 6.45) is 1.84. The van der Waals surface area contributed by atoms with E-state index in [1.807, 2.05) is 47.1 Å². The third-order valence-electron chi connectivity index (χ3n) is 3.39. The summed E-state index contributed by atoms with van der Waals surface area (Å²) in [6.45, 7) is 0.777. The fourth-order valence-corrected chi connectivity index (χ4v) is 2.95. The Morgan fingerprint density at radius 1 is 1.18 bits per heavy atom. The smallest absolute Gasteiger partial charge is 0.154 e. The topological polar surface area (TPSA) is 42.2 Å². The second-order valence-electron chi connectivity index (χ2n) is 4.86. The Kier molecular flexibility index (Phi) is 3.33. The molecule has 0 fully saturated rings. The van der Waals surface area contributed by atoms with Crippen LogP contribution in [0.25, 0.3) is 16.9 Å². The second-order valence-corrected chi connectivity index (χ2v) is 5.89. The zero-order valence-corrected chi connectivity index (χ0v) is 12.5. The lowest BCUT2D eigenvalue weighted by Gasteiger charge is -2.06. The van der Waals surface area contributed by atoms with E-state index in [1.165, 1.54) is 4.88 Å². The number of nitrogens with one attached hydrogen (secondary N) is 1. The number of anilines is 1. The quantitative estimate of drug-likeness (QED) is 0.622. The highest BCUT2D eigenvalue weighted by molar-refractivity contribution is 7.09. The Labute approximate surface area is 132 Å². The number of hydrogen-bond donors (Lipinski definition) is 1. The molecule has 0 saturated heterocycles. The van der Waals surface area contributed by atoms with Gasteiger partial charge in [-0.2, -0.15) is 0 Å². The molecule has 3 heterocycles. The average molecular weight is 305 g/mol. The van der Waals surface area contributed by atoms with E-state index in [4.69, 9.17) is 0 Å². The molecular weight excluding hydrogens is 292 g/mol. The van der Waals surface area contributed by atoms with Crippen LogP contribution in [0.15, 0.2) is 60.1 Å². The van der Waals surface area contributed by atoms with Crippen LogP contribution in [-0.2, 0) is 6.54 Å². The summed E-state index contributed by atoms with van der Waals surface area (Å²) < 4.78 is 1.86. The first-order valence-corrected chi connectivity index (χ1v) is 7.86. The van der Waals surface area contributed by atoms with E-state index in [2.05, 4.69) is 39.0 Å². The third-order valence-corrected chi connectivity index (χ3v) is 4.27. The first-order valence-electron chi connectivity index (χ1n) is 6.98. The van der Waals surface area contributed by atoms with Gasteiger partial charge in [0.25, 0.3) is 0 Å². The number of imidazole rings is 1. The van der Waals surface area contributed by atoms with E-state index in [1.54, 1.807) is 11.3 Å². The van der Waals surface area contributed by atoms with Gasteiger partial charge in [0, 0.05) is 10.4 Å². The maximum absolute atomic E-state index is 4.64. The SMILES string of the molecule is [c]1cccc(-c2cnc3ccc(NCc4cccs4)nn23)c1. The number of benzene rings is 1. The number of aromatic nitrogens is 3. The number of hydrogen-bond acceptors (Lipinski definition) is 4. The normalized spacial score (nSPS) is 10.9. The van der Waals surface area contributed by atoms with Crippen LogP contribution >= 0.6 is 11.3 Å². The van der Waals surface area contributed by atoms with Crippen molar-refractivity contribution in [2.45, 2.75) is 6.54 Å². The Hall–Kier alpha value is -2.66. The van der Waals surface area contributed by atoms with Crippen LogP contribution in [-0.4, -0.2) is 14.6 Å². The molecule has 1 N–H and O–H groups in total. The molecule has 22 heavy (non-hydrogen) atoms. The summed E-state index contributed by atoms with van der Waals surface area (Å²) in [5, 5.41) is 10.1. The van der Waals surface area contributed by atoms with Crippen LogP contribution < -0.4 is 5.32 Å². The van der Waals surface area contributed by atoms with Crippen molar-refractivity contribution >= 4 is 22.8 Å². The van der Waals surface area contributed by atoms with Crippen LogP contribution in [0.1, 0.15) is 4.88 Å². The Balaban J connectivity index is 1.67. The molecule has 0 saturated carbocycles. The van der Waals surface area contributed by atoms with Crippen molar-refractivity contribution in [3.05, 3.63) is 71.1 Å². The Bertz CT molecular complexity index is 882. The lowest BCUT2D eigenvalue weighted by atomic mass is 10.2. The molecule has 0 amide bonds. The van der Waals surface area contributed by atoms with Gasteiger partial charge >= 0.3 is 0 Å². The van der Waals surface area contributed by atoms with Crippen LogP contribution in [0.4, 0.5) is 5.82 Å². The van der Waals surface area contributed by atoms with Gasteiger partial charge < -0.3 is 5.32 Å². The van der Waals surface area contributed by atoms with E-state index in [0.717, 1.165) is 29.3 Å². The highest BCUT2D eigenvalue weighted by Gasteiger charge is 2.07. The molecule has 0 aliphatic rings. The number of thiophene rings is 1. The molecule has 4 aromatic rings. The van der Waals surface area contributed by atoms with Gasteiger partial charge in [0.2, 0.25) is 0 Å². The molecule has 0 spiro atoms. The van der Waals surface area contributed by atoms with Gasteiger partial charge in [0.05, 0.1) is 18.4 Å². The molecular formula is C17H13N4S. The van der Waals surface area contributed by atoms with Crippen molar-refractivity contribution in [2.75, 3.05) is 5.32 Å². The maximum Gasteiger partial charge on any atom is 0.154 e. The number of nitrogens with zero attached hydrogens (tertiary/aromatic N) is 3. The fourth-order valence-electron chi connectivity index (χ4n) is 2.31. The number of rotatable bonds is 4. The van der Waals surface area contributed by atoms with Crippen molar-refractivity contribution in [3.63, 3.8) is 0 Å². The van der Waals surface area contributed by atoms with Gasteiger partial charge in [-0.15, -0.1) is 16.4 Å². The van der Waals surface area contributed by atoms with Gasteiger partial charge in [0.15, 0.2) is 5.65 Å². The fraction of sp³-hybridized carbons (Fsp3) is 0.0588. The van der Waals surface area contributed by atoms with Crippen molar-refractivity contribution in [2.24, 2.45) is 0 Å². The van der Waals surface area contributed by atoms with E-state index in [-0.39, 0.29) is 0 Å². The van der Waals surface area contributed by atoms with Gasteiger partial charge in [-0.1, -0.05) is 24.3 Å². The molecule has 0 unspecified atom stereocenters. The van der Waals surface area contributed by atoms with Gasteiger partial charge in [-0.05, 0) is 35.7 Å². The highest BCUT2D eigenvalue weighted by atomic mass is 32.1. The molecule has 1 radical (unpaired) electrons. The third kappa shape index (κ3) is 2.46. The summed E-state index contributed by atoms with van der Waals surface area (Å²) in [5.74, 6) is 0.833. The van der Waals surface area contributed by atoms with Crippen LogP contribution in [0.2, 0.25) is 0 Å². The summed E-state index contributed by atoms with van der Waals surface area (Å²) >= 11 is 1.73. The summed E-state index contributed by atoms with van der Waals surface area (Å²) in [5.41, 5.74) is 2.85. The molecule has 0 aliphatic heterocycles. The molecule has 5 heteroatoms. The lowest BCUT2D eigenvalue weighted by Crippen LogP contribution is -2.03. The molecule has 0 aliphatic carbocycles. The molecule has 0 bridgehead atoms. The van der Waals surface area contributed by atoms with Crippen LogP contribution in [0.3, 0.4) is 0 Å². The average Bonchev–Trinajstić information content (AvgIpc) is 3.23. The first kappa shape index (κ1) is 13.0. The van der Waals surface area contributed by atoms with Gasteiger partial charge in [-0.25, -0.2) is 9.50 Å². The summed E-state index contributed by atoms with van der Waals surface area (Å²) in [7, 11) is 0. The molecule has 1 aromatic carbocycles. The largest absolute Gasteiger partial charge is 0.364 e. The molecule has 4 nitrogen and oxygen atoms in total. The van der Waals surface area contributed by atoms with Crippen LogP contribution in [0, 0.1) is 6.07 Å². The minimum Gasteiger partial charge on any atom is -0.364 e. The Morgan fingerprint density at radius 2 is 2.18 bits per heavy atom. The van der Waals surface area contributed by atoms with E-state index in [0.29, 0.717) is 0 Å². The van der Waals surface area contributed by atoms with Crippen molar-refractivity contribution in [1.29, 1.82) is 0 Å². The zero-order chi connectivity index (χ0) is 14.8. The standard InChI is InChI=1S/C17H13N4S/c1-2-5-13(6-3-1)15-12-19-17-9-8-16(20-21(15)17)18-11-14-7-4-10-22-14/h1-2,4-10,12H,11H2,(H,18,20). The monoisotopic (exact) mass is 305 g/mol. The molecule has 4 rings (SSSR count). The summed E-state index contributed by atoms with van der Waals surface area (Å²) in [4.78, 5) is 5.69. The highest BCUT2D eigenvalue weighted by Crippen LogP contribution is 2.20. The number of fused-ring (bicyclic) bond motifs is 1.